The molecule has 0 aromatic carbocycles. The first-order valence-corrected chi connectivity index (χ1v) is 4.56. The van der Waals surface area contributed by atoms with Gasteiger partial charge in [0.2, 0.25) is 0 Å². The van der Waals surface area contributed by atoms with Crippen LogP contribution in [0.2, 0.25) is 0 Å². The molecule has 70 valence electrons. The summed E-state index contributed by atoms with van der Waals surface area (Å²) in [6.07, 6.45) is 5.05. The zero-order chi connectivity index (χ0) is 9.26. The van der Waals surface area contributed by atoms with Crippen LogP contribution in [-0.4, -0.2) is 16.2 Å². The van der Waals surface area contributed by atoms with E-state index in [4.69, 9.17) is 0 Å². The smallest absolute Gasteiger partial charge is 0.111 e. The number of carboxylic acids is 1. The van der Waals surface area contributed by atoms with Crippen molar-refractivity contribution in [1.29, 1.82) is 0 Å². The van der Waals surface area contributed by atoms with E-state index in [1.54, 1.807) is 0 Å². The second-order valence-corrected chi connectivity index (χ2v) is 3.38. The molecule has 0 atom stereocenters. The van der Waals surface area contributed by atoms with E-state index in [0.29, 0.717) is 0 Å². The summed E-state index contributed by atoms with van der Waals surface area (Å²) in [5, 5.41) is 17.2. The average Bonchev–Trinajstić information content (AvgIpc) is 2.36. The molecule has 4 nitrogen and oxygen atoms in total. The van der Waals surface area contributed by atoms with Gasteiger partial charge in [0.25, 0.3) is 0 Å². The normalized spacial score (nSPS) is 16.3. The predicted octanol–water partition coefficient (Wildman–Crippen LogP) is 0.0421. The van der Waals surface area contributed by atoms with Gasteiger partial charge in [-0.25, -0.2) is 0 Å². The van der Waals surface area contributed by atoms with E-state index < -0.39 is 5.97 Å². The first-order valence-electron chi connectivity index (χ1n) is 4.56. The highest BCUT2D eigenvalue weighted by molar-refractivity contribution is 5.85. The molecule has 1 heterocycles. The van der Waals surface area contributed by atoms with Crippen LogP contribution in [0.15, 0.2) is 0 Å². The third kappa shape index (κ3) is 1.43. The van der Waals surface area contributed by atoms with Crippen LogP contribution >= 0.6 is 0 Å². The van der Waals surface area contributed by atoms with Crippen LogP contribution in [0.5, 0.6) is 0 Å². The fraction of sp³-hybridized carbons (Fsp3) is 0.556. The number of aromatic carboxylic acids is 1. The number of hydrogen-bond donors (Lipinski definition) is 1. The molecule has 1 aromatic heterocycles. The number of rotatable bonds is 1. The van der Waals surface area contributed by atoms with Gasteiger partial charge >= 0.3 is 0 Å². The van der Waals surface area contributed by atoms with E-state index in [2.05, 4.69) is 10.2 Å². The van der Waals surface area contributed by atoms with Gasteiger partial charge in [0.1, 0.15) is 5.69 Å². The molecule has 1 aliphatic rings. The van der Waals surface area contributed by atoms with Crippen LogP contribution < -0.4 is 5.11 Å². The highest BCUT2D eigenvalue weighted by Gasteiger charge is 2.15. The molecule has 4 heteroatoms. The summed E-state index contributed by atoms with van der Waals surface area (Å²) in [6.45, 7) is 0. The molecule has 0 radical (unpaired) electrons. The maximum atomic E-state index is 10.7. The predicted molar refractivity (Wildman–Crippen MR) is 44.2 cm³/mol. The van der Waals surface area contributed by atoms with Crippen molar-refractivity contribution in [3.8, 4) is 0 Å². The second-order valence-electron chi connectivity index (χ2n) is 3.38. The molecule has 0 saturated carbocycles. The third-order valence-corrected chi connectivity index (χ3v) is 2.50. The summed E-state index contributed by atoms with van der Waals surface area (Å²) >= 11 is 0. The van der Waals surface area contributed by atoms with Gasteiger partial charge < -0.3 is 9.90 Å². The summed E-state index contributed by atoms with van der Waals surface area (Å²) in [5.74, 6) is -1.17. The number of carbonyl (C=O) groups is 1. The van der Waals surface area contributed by atoms with Gasteiger partial charge in [-0.3, -0.25) is 5.10 Å². The van der Waals surface area contributed by atoms with E-state index >= 15 is 0 Å². The Hall–Kier alpha value is -1.32. The third-order valence-electron chi connectivity index (χ3n) is 2.50. The van der Waals surface area contributed by atoms with E-state index in [1.807, 2.05) is 0 Å². The number of fused-ring (bicyclic) bond motifs is 1. The Kier molecular flexibility index (Phi) is 2.04. The van der Waals surface area contributed by atoms with Crippen molar-refractivity contribution in [2.45, 2.75) is 32.1 Å². The molecule has 2 rings (SSSR count). The number of H-pyrrole nitrogens is 1. The van der Waals surface area contributed by atoms with E-state index in [0.717, 1.165) is 43.4 Å². The Morgan fingerprint density at radius 3 is 2.85 bits per heavy atom. The zero-order valence-electron chi connectivity index (χ0n) is 7.30. The van der Waals surface area contributed by atoms with Crippen LogP contribution in [0.4, 0.5) is 0 Å². The van der Waals surface area contributed by atoms with Crippen LogP contribution in [0.1, 0.15) is 41.0 Å². The topological polar surface area (TPSA) is 68.8 Å². The molecule has 1 aliphatic carbocycles. The minimum absolute atomic E-state index is 0.108. The summed E-state index contributed by atoms with van der Waals surface area (Å²) in [6, 6.07) is 0. The maximum Gasteiger partial charge on any atom is 0.111 e. The molecule has 0 amide bonds. The zero-order valence-corrected chi connectivity index (χ0v) is 7.30. The number of hydrogen-bond acceptors (Lipinski definition) is 3. The Bertz CT molecular complexity index is 330. The fourth-order valence-electron chi connectivity index (χ4n) is 1.83. The molecule has 0 saturated heterocycles. The average molecular weight is 179 g/mol. The quantitative estimate of drug-likeness (QED) is 0.619. The molecular weight excluding hydrogens is 168 g/mol. The van der Waals surface area contributed by atoms with Crippen molar-refractivity contribution in [3.63, 3.8) is 0 Å². The standard InChI is InChI=1S/C9H12N2O2/c12-9(13)8-6-4-2-1-3-5-7(6)10-11-8/h1-5H2,(H,10,11)(H,12,13)/p-1. The summed E-state index contributed by atoms with van der Waals surface area (Å²) in [5.41, 5.74) is 1.95. The van der Waals surface area contributed by atoms with Crippen molar-refractivity contribution >= 4 is 5.97 Å². The number of carbonyl (C=O) groups excluding carboxylic acids is 1. The minimum atomic E-state index is -1.17. The molecule has 0 aliphatic heterocycles. The van der Waals surface area contributed by atoms with Gasteiger partial charge in [-0.1, -0.05) is 6.42 Å². The number of nitrogens with zero attached hydrogens (tertiary/aromatic N) is 1. The second kappa shape index (κ2) is 3.20. The first-order chi connectivity index (χ1) is 6.29. The van der Waals surface area contributed by atoms with Gasteiger partial charge in [-0.15, -0.1) is 0 Å². The number of nitrogens with one attached hydrogen (secondary N) is 1. The summed E-state index contributed by atoms with van der Waals surface area (Å²) < 4.78 is 0. The lowest BCUT2D eigenvalue weighted by Crippen LogP contribution is -2.24. The maximum absolute atomic E-state index is 10.7. The monoisotopic (exact) mass is 179 g/mol. The van der Waals surface area contributed by atoms with Crippen LogP contribution in [0.3, 0.4) is 0 Å². The Morgan fingerprint density at radius 2 is 2.08 bits per heavy atom. The molecular formula is C9H11N2O2-. The molecule has 0 fully saturated rings. The molecule has 13 heavy (non-hydrogen) atoms. The molecule has 0 spiro atoms. The fourth-order valence-corrected chi connectivity index (χ4v) is 1.83. The SMILES string of the molecule is O=C([O-])c1n[nH]c2c1CCCCC2. The summed E-state index contributed by atoms with van der Waals surface area (Å²) in [7, 11) is 0. The highest BCUT2D eigenvalue weighted by Crippen LogP contribution is 2.20. The van der Waals surface area contributed by atoms with Crippen LogP contribution in [-0.2, 0) is 12.8 Å². The van der Waals surface area contributed by atoms with Crippen molar-refractivity contribution in [2.75, 3.05) is 0 Å². The van der Waals surface area contributed by atoms with E-state index in [9.17, 15) is 9.90 Å². The molecule has 0 bridgehead atoms. The van der Waals surface area contributed by atoms with E-state index in [1.165, 1.54) is 0 Å². The van der Waals surface area contributed by atoms with Gasteiger partial charge in [-0.2, -0.15) is 5.10 Å². The number of aromatic amines is 1. The van der Waals surface area contributed by atoms with Crippen LogP contribution in [0.25, 0.3) is 0 Å². The summed E-state index contributed by atoms with van der Waals surface area (Å²) in [4.78, 5) is 10.7. The lowest BCUT2D eigenvalue weighted by Gasteiger charge is -2.01. The van der Waals surface area contributed by atoms with Crippen molar-refractivity contribution in [2.24, 2.45) is 0 Å². The van der Waals surface area contributed by atoms with Crippen molar-refractivity contribution < 1.29 is 9.90 Å². The van der Waals surface area contributed by atoms with E-state index in [-0.39, 0.29) is 5.69 Å². The Labute approximate surface area is 76.0 Å². The first kappa shape index (κ1) is 8.29. The van der Waals surface area contributed by atoms with Crippen molar-refractivity contribution in [1.82, 2.24) is 10.2 Å². The van der Waals surface area contributed by atoms with Crippen molar-refractivity contribution in [3.05, 3.63) is 17.0 Å². The minimum Gasteiger partial charge on any atom is -0.543 e. The lowest BCUT2D eigenvalue weighted by atomic mass is 10.1. The largest absolute Gasteiger partial charge is 0.543 e. The number of carboxylic acid groups (broad SMARTS) is 1. The molecule has 1 N–H and O–H groups in total. The van der Waals surface area contributed by atoms with Gasteiger partial charge in [0.15, 0.2) is 0 Å². The lowest BCUT2D eigenvalue weighted by molar-refractivity contribution is -0.255. The van der Waals surface area contributed by atoms with Gasteiger partial charge in [0, 0.05) is 11.3 Å². The number of aryl methyl sites for hydroxylation is 1. The number of aromatic nitrogens is 2. The molecule has 0 unspecified atom stereocenters. The van der Waals surface area contributed by atoms with Gasteiger partial charge in [-0.05, 0) is 25.7 Å². The van der Waals surface area contributed by atoms with Gasteiger partial charge in [0.05, 0.1) is 5.97 Å². The highest BCUT2D eigenvalue weighted by atomic mass is 16.4. The Morgan fingerprint density at radius 1 is 1.31 bits per heavy atom. The molecule has 1 aromatic rings. The van der Waals surface area contributed by atoms with Crippen LogP contribution in [0, 0.1) is 0 Å². The Balaban J connectivity index is 2.39.